The van der Waals surface area contributed by atoms with Crippen molar-refractivity contribution in [3.05, 3.63) is 0 Å². The lowest BCUT2D eigenvalue weighted by molar-refractivity contribution is 0.338. The molecule has 0 fully saturated rings. The van der Waals surface area contributed by atoms with Crippen LogP contribution in [-0.4, -0.2) is 23.5 Å². The highest BCUT2D eigenvalue weighted by atomic mass is 32.7. The Bertz CT molecular complexity index is 92.4. The summed E-state index contributed by atoms with van der Waals surface area (Å²) in [7, 11) is 2.26. The van der Waals surface area contributed by atoms with Gasteiger partial charge in [0.15, 0.2) is 0 Å². The van der Waals surface area contributed by atoms with Gasteiger partial charge < -0.3 is 4.52 Å². The van der Waals surface area contributed by atoms with Gasteiger partial charge in [0.2, 0.25) is 0 Å². The molecular weight excluding hydrogens is 177 g/mol. The highest BCUT2D eigenvalue weighted by Gasteiger charge is 2.13. The van der Waals surface area contributed by atoms with Crippen molar-refractivity contribution in [1.82, 2.24) is 4.31 Å². The minimum absolute atomic E-state index is 0.523. The lowest BCUT2D eigenvalue weighted by Crippen LogP contribution is -2.29. The van der Waals surface area contributed by atoms with Gasteiger partial charge in [0.05, 0.1) is 8.01 Å². The highest BCUT2D eigenvalue weighted by molar-refractivity contribution is 8.46. The van der Waals surface area contributed by atoms with E-state index in [-0.39, 0.29) is 0 Å². The highest BCUT2D eigenvalue weighted by Crippen LogP contribution is 2.35. The monoisotopic (exact) mass is 195 g/mol. The molecule has 0 saturated carbocycles. The van der Waals surface area contributed by atoms with Crippen LogP contribution in [0.2, 0.25) is 0 Å². The van der Waals surface area contributed by atoms with Crippen LogP contribution >= 0.6 is 19.6 Å². The van der Waals surface area contributed by atoms with E-state index in [1.165, 1.54) is 0 Å². The molecule has 0 bridgehead atoms. The Balaban J connectivity index is 3.70. The van der Waals surface area contributed by atoms with Crippen molar-refractivity contribution in [3.8, 4) is 0 Å². The second kappa shape index (κ2) is 6.24. The SMILES string of the molecule is COPSN(C(C)C)C(C)C. The van der Waals surface area contributed by atoms with Gasteiger partial charge in [-0.15, -0.1) is 0 Å². The minimum atomic E-state index is 0.523. The lowest BCUT2D eigenvalue weighted by atomic mass is 10.3. The minimum Gasteiger partial charge on any atom is -0.353 e. The van der Waals surface area contributed by atoms with Crippen molar-refractivity contribution >= 4 is 19.6 Å². The van der Waals surface area contributed by atoms with E-state index in [1.54, 1.807) is 18.7 Å². The third-order valence-electron chi connectivity index (χ3n) is 1.24. The molecule has 0 saturated heterocycles. The van der Waals surface area contributed by atoms with Crippen molar-refractivity contribution < 1.29 is 4.52 Å². The Labute approximate surface area is 75.8 Å². The van der Waals surface area contributed by atoms with Gasteiger partial charge in [0, 0.05) is 19.2 Å². The fourth-order valence-corrected chi connectivity index (χ4v) is 3.22. The molecule has 0 aromatic heterocycles. The second-order valence-electron chi connectivity index (χ2n) is 2.93. The molecule has 0 amide bonds. The standard InChI is InChI=1S/C7H18NOPS/c1-6(2)8(7(3)4)11-10-9-5/h6-7,10H,1-5H3. The van der Waals surface area contributed by atoms with Crippen molar-refractivity contribution in [2.45, 2.75) is 39.8 Å². The van der Waals surface area contributed by atoms with Gasteiger partial charge in [0.25, 0.3) is 0 Å². The molecule has 0 radical (unpaired) electrons. The summed E-state index contributed by atoms with van der Waals surface area (Å²) in [6, 6.07) is 1.17. The first-order valence-corrected chi connectivity index (χ1v) is 6.23. The zero-order chi connectivity index (χ0) is 8.85. The van der Waals surface area contributed by atoms with E-state index >= 15 is 0 Å². The van der Waals surface area contributed by atoms with Crippen LogP contribution in [0.5, 0.6) is 0 Å². The zero-order valence-electron chi connectivity index (χ0n) is 7.92. The van der Waals surface area contributed by atoms with Gasteiger partial charge in [0.1, 0.15) is 0 Å². The predicted molar refractivity (Wildman–Crippen MR) is 55.0 cm³/mol. The molecular formula is C7H18NOPS. The van der Waals surface area contributed by atoms with Crippen molar-refractivity contribution in [3.63, 3.8) is 0 Å². The molecule has 0 aromatic carbocycles. The summed E-state index contributed by atoms with van der Waals surface area (Å²) in [5, 5.41) is 0. The lowest BCUT2D eigenvalue weighted by Gasteiger charge is -2.28. The molecule has 0 aliphatic rings. The molecule has 4 heteroatoms. The molecule has 2 nitrogen and oxygen atoms in total. The Kier molecular flexibility index (Phi) is 6.64. The Morgan fingerprint density at radius 3 is 1.91 bits per heavy atom. The van der Waals surface area contributed by atoms with Gasteiger partial charge in [-0.1, -0.05) is 0 Å². The first-order chi connectivity index (χ1) is 5.09. The first kappa shape index (κ1) is 11.7. The average molecular weight is 195 g/mol. The molecule has 0 rings (SSSR count). The first-order valence-electron chi connectivity index (χ1n) is 3.82. The number of hydrogen-bond acceptors (Lipinski definition) is 3. The smallest absolute Gasteiger partial charge is 0.0900 e. The van der Waals surface area contributed by atoms with Gasteiger partial charge in [-0.3, -0.25) is 0 Å². The van der Waals surface area contributed by atoms with E-state index in [4.69, 9.17) is 4.52 Å². The van der Waals surface area contributed by atoms with E-state index in [1.807, 2.05) is 0 Å². The third-order valence-corrected chi connectivity index (χ3v) is 3.90. The average Bonchev–Trinajstić information content (AvgIpc) is 1.87. The van der Waals surface area contributed by atoms with Crippen LogP contribution in [-0.2, 0) is 4.52 Å². The Morgan fingerprint density at radius 1 is 1.18 bits per heavy atom. The molecule has 0 aliphatic heterocycles. The molecule has 11 heavy (non-hydrogen) atoms. The Hall–Kier alpha value is 0.700. The van der Waals surface area contributed by atoms with E-state index in [0.29, 0.717) is 20.1 Å². The third kappa shape index (κ3) is 5.02. The molecule has 0 heterocycles. The quantitative estimate of drug-likeness (QED) is 0.494. The van der Waals surface area contributed by atoms with E-state index in [2.05, 4.69) is 32.0 Å². The molecule has 0 spiro atoms. The number of rotatable bonds is 5. The molecule has 0 aliphatic carbocycles. The van der Waals surface area contributed by atoms with Crippen LogP contribution in [0, 0.1) is 0 Å². The van der Waals surface area contributed by atoms with Gasteiger partial charge in [-0.2, -0.15) is 0 Å². The normalized spacial score (nSPS) is 13.1. The largest absolute Gasteiger partial charge is 0.353 e. The fourth-order valence-electron chi connectivity index (χ4n) is 0.887. The Morgan fingerprint density at radius 2 is 1.64 bits per heavy atom. The summed E-state index contributed by atoms with van der Waals surface area (Å²) in [5.41, 5.74) is 0. The number of nitrogens with zero attached hydrogens (tertiary/aromatic N) is 1. The molecule has 68 valence electrons. The molecule has 0 N–H and O–H groups in total. The van der Waals surface area contributed by atoms with Gasteiger partial charge in [-0.25, -0.2) is 4.31 Å². The van der Waals surface area contributed by atoms with Crippen molar-refractivity contribution in [2.24, 2.45) is 0 Å². The van der Waals surface area contributed by atoms with Gasteiger partial charge >= 0.3 is 0 Å². The molecule has 1 unspecified atom stereocenters. The maximum atomic E-state index is 5.02. The topological polar surface area (TPSA) is 12.5 Å². The van der Waals surface area contributed by atoms with Crippen LogP contribution in [0.4, 0.5) is 0 Å². The van der Waals surface area contributed by atoms with E-state index in [0.717, 1.165) is 0 Å². The van der Waals surface area contributed by atoms with Gasteiger partial charge in [-0.05, 0) is 39.3 Å². The maximum Gasteiger partial charge on any atom is 0.0900 e. The molecule has 1 atom stereocenters. The van der Waals surface area contributed by atoms with E-state index < -0.39 is 0 Å². The fraction of sp³-hybridized carbons (Fsp3) is 1.00. The maximum absolute atomic E-state index is 5.02. The molecule has 0 aromatic rings. The number of hydrogen-bond donors (Lipinski definition) is 0. The van der Waals surface area contributed by atoms with Crippen LogP contribution in [0.3, 0.4) is 0 Å². The van der Waals surface area contributed by atoms with Crippen LogP contribution < -0.4 is 0 Å². The summed E-state index contributed by atoms with van der Waals surface area (Å²) in [6.07, 6.45) is 0. The summed E-state index contributed by atoms with van der Waals surface area (Å²) in [4.78, 5) is 0. The summed E-state index contributed by atoms with van der Waals surface area (Å²) < 4.78 is 7.37. The van der Waals surface area contributed by atoms with Crippen molar-refractivity contribution in [2.75, 3.05) is 7.11 Å². The summed E-state index contributed by atoms with van der Waals surface area (Å²) in [5.74, 6) is 0. The van der Waals surface area contributed by atoms with Crippen LogP contribution in [0.1, 0.15) is 27.7 Å². The van der Waals surface area contributed by atoms with E-state index in [9.17, 15) is 0 Å². The summed E-state index contributed by atoms with van der Waals surface area (Å²) >= 11 is 1.78. The summed E-state index contributed by atoms with van der Waals surface area (Å²) in [6.45, 7) is 8.81. The zero-order valence-corrected chi connectivity index (χ0v) is 9.73. The van der Waals surface area contributed by atoms with Crippen LogP contribution in [0.15, 0.2) is 0 Å². The second-order valence-corrected chi connectivity index (χ2v) is 5.15. The predicted octanol–water partition coefficient (Wildman–Crippen LogP) is 2.91. The van der Waals surface area contributed by atoms with Crippen molar-refractivity contribution in [1.29, 1.82) is 0 Å². The van der Waals surface area contributed by atoms with Crippen LogP contribution in [0.25, 0.3) is 0 Å².